The lowest BCUT2D eigenvalue weighted by atomic mass is 9.42. The van der Waals surface area contributed by atoms with Crippen LogP contribution in [0.5, 0.6) is 11.5 Å². The highest BCUT2D eigenvalue weighted by atomic mass is 19.1. The molecule has 6 rings (SSSR count). The van der Waals surface area contributed by atoms with Gasteiger partial charge in [0.05, 0.1) is 12.5 Å². The van der Waals surface area contributed by atoms with Gasteiger partial charge < -0.3 is 9.47 Å². The maximum Gasteiger partial charge on any atom is 0.279 e. The quantitative estimate of drug-likeness (QED) is 0.623. The van der Waals surface area contributed by atoms with Crippen LogP contribution in [-0.2, 0) is 15.0 Å². The molecule has 4 bridgehead atoms. The van der Waals surface area contributed by atoms with Gasteiger partial charge in [0.1, 0.15) is 5.75 Å². The molecule has 0 aliphatic heterocycles. The number of para-hydroxylation sites is 1. The van der Waals surface area contributed by atoms with Crippen molar-refractivity contribution >= 4 is 11.8 Å². The Hall–Kier alpha value is -3.09. The third-order valence-corrected chi connectivity index (χ3v) is 8.05. The van der Waals surface area contributed by atoms with Gasteiger partial charge in [0.2, 0.25) is 5.91 Å². The van der Waals surface area contributed by atoms with Crippen molar-refractivity contribution in [2.24, 2.45) is 17.3 Å². The minimum Gasteiger partial charge on any atom is -0.497 e. The number of halogens is 1. The molecule has 2 aromatic carbocycles. The number of hydrogen-bond donors (Lipinski definition) is 2. The number of rotatable bonds is 6. The van der Waals surface area contributed by atoms with E-state index in [1.807, 2.05) is 12.1 Å². The van der Waals surface area contributed by atoms with E-state index in [9.17, 15) is 14.0 Å². The molecule has 0 heterocycles. The second-order valence-corrected chi connectivity index (χ2v) is 10.4. The summed E-state index contributed by atoms with van der Waals surface area (Å²) in [6.45, 7) is 1.53. The van der Waals surface area contributed by atoms with Crippen molar-refractivity contribution in [1.29, 1.82) is 0 Å². The largest absolute Gasteiger partial charge is 0.497 e. The molecule has 2 aromatic rings. The average molecular weight is 467 g/mol. The summed E-state index contributed by atoms with van der Waals surface area (Å²) in [6, 6.07) is 14.2. The predicted molar refractivity (Wildman–Crippen MR) is 125 cm³/mol. The van der Waals surface area contributed by atoms with Crippen molar-refractivity contribution in [3.8, 4) is 11.5 Å². The van der Waals surface area contributed by atoms with Crippen molar-refractivity contribution in [2.75, 3.05) is 7.11 Å². The normalized spacial score (nSPS) is 29.9. The molecule has 2 amide bonds. The van der Waals surface area contributed by atoms with Gasteiger partial charge in [-0.1, -0.05) is 24.3 Å². The summed E-state index contributed by atoms with van der Waals surface area (Å²) in [7, 11) is 1.66. The highest BCUT2D eigenvalue weighted by molar-refractivity contribution is 5.88. The molecule has 0 radical (unpaired) electrons. The second-order valence-electron chi connectivity index (χ2n) is 10.4. The van der Waals surface area contributed by atoms with Gasteiger partial charge in [-0.25, -0.2) is 4.39 Å². The molecule has 4 saturated carbocycles. The maximum atomic E-state index is 13.8. The zero-order chi connectivity index (χ0) is 23.9. The molecule has 0 spiro atoms. The Morgan fingerprint density at radius 3 is 2.32 bits per heavy atom. The minimum atomic E-state index is -0.959. The van der Waals surface area contributed by atoms with Gasteiger partial charge in [-0.05, 0) is 92.5 Å². The van der Waals surface area contributed by atoms with E-state index in [2.05, 4.69) is 23.0 Å². The van der Waals surface area contributed by atoms with Crippen LogP contribution in [0, 0.1) is 23.1 Å². The number of benzene rings is 2. The molecule has 0 saturated heterocycles. The molecule has 4 aliphatic rings. The smallest absolute Gasteiger partial charge is 0.279 e. The molecule has 7 heteroatoms. The molecular weight excluding hydrogens is 435 g/mol. The molecule has 2 N–H and O–H groups in total. The molecule has 3 unspecified atom stereocenters. The van der Waals surface area contributed by atoms with Crippen LogP contribution in [0.3, 0.4) is 0 Å². The number of amides is 2. The maximum absolute atomic E-state index is 13.8. The van der Waals surface area contributed by atoms with Crippen LogP contribution in [0.2, 0.25) is 0 Å². The van der Waals surface area contributed by atoms with E-state index in [-0.39, 0.29) is 17.1 Å². The highest BCUT2D eigenvalue weighted by Gasteiger charge is 2.61. The molecule has 4 aliphatic carbocycles. The van der Waals surface area contributed by atoms with Crippen molar-refractivity contribution in [2.45, 2.75) is 57.0 Å². The number of carbonyl (C=O) groups is 2. The Morgan fingerprint density at radius 1 is 1.00 bits per heavy atom. The summed E-state index contributed by atoms with van der Waals surface area (Å²) < 4.78 is 24.6. The third kappa shape index (κ3) is 4.01. The SMILES string of the molecule is COc1ccc(C23CC4CC(CC(C(=O)NNC(=O)C(C)Oc5ccccc5F)(C4)C2)C3)cc1. The summed E-state index contributed by atoms with van der Waals surface area (Å²) in [5.74, 6) is 0.649. The first-order valence-corrected chi connectivity index (χ1v) is 12.0. The van der Waals surface area contributed by atoms with Gasteiger partial charge in [-0.3, -0.25) is 20.4 Å². The summed E-state index contributed by atoms with van der Waals surface area (Å²) in [5.41, 5.74) is 5.95. The number of hydrazine groups is 1. The molecule has 6 nitrogen and oxygen atoms in total. The predicted octanol–water partition coefficient (Wildman–Crippen LogP) is 4.29. The fraction of sp³-hybridized carbons (Fsp3) is 0.481. The number of hydrogen-bond acceptors (Lipinski definition) is 4. The zero-order valence-electron chi connectivity index (χ0n) is 19.6. The van der Waals surface area contributed by atoms with E-state index < -0.39 is 23.2 Å². The topological polar surface area (TPSA) is 76.7 Å². The summed E-state index contributed by atoms with van der Waals surface area (Å²) in [6.07, 6.45) is 4.90. The molecular formula is C27H31FN2O4. The Kier molecular flexibility index (Phi) is 5.74. The number of carbonyl (C=O) groups excluding carboxylic acids is 2. The fourth-order valence-electron chi connectivity index (χ4n) is 6.95. The van der Waals surface area contributed by atoms with Crippen LogP contribution in [0.1, 0.15) is 51.0 Å². The Morgan fingerprint density at radius 2 is 1.68 bits per heavy atom. The van der Waals surface area contributed by atoms with Crippen LogP contribution < -0.4 is 20.3 Å². The van der Waals surface area contributed by atoms with Gasteiger partial charge in [0.15, 0.2) is 17.7 Å². The minimum absolute atomic E-state index is 0.000931. The Labute approximate surface area is 199 Å². The summed E-state index contributed by atoms with van der Waals surface area (Å²) in [4.78, 5) is 26.0. The van der Waals surface area contributed by atoms with Crippen LogP contribution in [-0.4, -0.2) is 25.0 Å². The van der Waals surface area contributed by atoms with Crippen molar-refractivity contribution in [3.63, 3.8) is 0 Å². The lowest BCUT2D eigenvalue weighted by molar-refractivity contribution is -0.152. The van der Waals surface area contributed by atoms with Crippen molar-refractivity contribution < 1.29 is 23.5 Å². The molecule has 0 aromatic heterocycles. The third-order valence-electron chi connectivity index (χ3n) is 8.05. The lowest BCUT2D eigenvalue weighted by Gasteiger charge is -2.61. The summed E-state index contributed by atoms with van der Waals surface area (Å²) in [5, 5.41) is 0. The Bertz CT molecular complexity index is 1070. The van der Waals surface area contributed by atoms with E-state index in [1.165, 1.54) is 31.0 Å². The first kappa shape index (κ1) is 22.7. The van der Waals surface area contributed by atoms with E-state index >= 15 is 0 Å². The van der Waals surface area contributed by atoms with Crippen LogP contribution in [0.4, 0.5) is 4.39 Å². The molecule has 34 heavy (non-hydrogen) atoms. The van der Waals surface area contributed by atoms with E-state index in [0.29, 0.717) is 11.8 Å². The standard InChI is InChI=1S/C27H31FN2O4/c1-17(34-23-6-4-3-5-22(23)28)24(31)29-30-25(32)27-14-18-11-19(15-27)13-26(12-18,16-27)20-7-9-21(33-2)10-8-20/h3-10,17-19H,11-16H2,1-2H3,(H,29,31)(H,30,32). The van der Waals surface area contributed by atoms with Gasteiger partial charge in [-0.2, -0.15) is 0 Å². The van der Waals surface area contributed by atoms with E-state index in [4.69, 9.17) is 9.47 Å². The second kappa shape index (κ2) is 8.60. The van der Waals surface area contributed by atoms with Crippen LogP contribution in [0.25, 0.3) is 0 Å². The summed E-state index contributed by atoms with van der Waals surface area (Å²) >= 11 is 0. The fourth-order valence-corrected chi connectivity index (χ4v) is 6.95. The Balaban J connectivity index is 1.27. The average Bonchev–Trinajstić information content (AvgIpc) is 2.83. The first-order chi connectivity index (χ1) is 16.3. The number of nitrogens with one attached hydrogen (secondary N) is 2. The van der Waals surface area contributed by atoms with Gasteiger partial charge in [0.25, 0.3) is 5.91 Å². The van der Waals surface area contributed by atoms with Gasteiger partial charge >= 0.3 is 0 Å². The first-order valence-electron chi connectivity index (χ1n) is 12.0. The highest BCUT2D eigenvalue weighted by Crippen LogP contribution is 2.65. The van der Waals surface area contributed by atoms with Crippen LogP contribution in [0.15, 0.2) is 48.5 Å². The number of methoxy groups -OCH3 is 1. The van der Waals surface area contributed by atoms with Crippen molar-refractivity contribution in [1.82, 2.24) is 10.9 Å². The van der Waals surface area contributed by atoms with Crippen molar-refractivity contribution in [3.05, 3.63) is 59.9 Å². The van der Waals surface area contributed by atoms with Gasteiger partial charge in [0, 0.05) is 0 Å². The lowest BCUT2D eigenvalue weighted by Crippen LogP contribution is -2.61. The molecule has 3 atom stereocenters. The zero-order valence-corrected chi connectivity index (χ0v) is 19.6. The molecule has 4 fully saturated rings. The number of ether oxygens (including phenoxy) is 2. The van der Waals surface area contributed by atoms with E-state index in [0.717, 1.165) is 37.9 Å². The van der Waals surface area contributed by atoms with E-state index in [1.54, 1.807) is 19.2 Å². The monoisotopic (exact) mass is 466 g/mol. The van der Waals surface area contributed by atoms with Crippen LogP contribution >= 0.6 is 0 Å². The van der Waals surface area contributed by atoms with Gasteiger partial charge in [-0.15, -0.1) is 0 Å². The molecule has 180 valence electrons.